The van der Waals surface area contributed by atoms with Crippen LogP contribution in [0.25, 0.3) is 0 Å². The maximum Gasteiger partial charge on any atom is 0.152 e. The van der Waals surface area contributed by atoms with Crippen LogP contribution < -0.4 is 10.1 Å². The highest BCUT2D eigenvalue weighted by Gasteiger charge is 2.15. The van der Waals surface area contributed by atoms with E-state index in [9.17, 15) is 8.42 Å². The van der Waals surface area contributed by atoms with Gasteiger partial charge in [-0.1, -0.05) is 6.92 Å². The van der Waals surface area contributed by atoms with Crippen molar-refractivity contribution in [1.82, 2.24) is 0 Å². The van der Waals surface area contributed by atoms with Crippen LogP contribution in [0.5, 0.6) is 5.75 Å². The molecule has 0 aromatic heterocycles. The van der Waals surface area contributed by atoms with Gasteiger partial charge in [0.15, 0.2) is 9.84 Å². The average Bonchev–Trinajstić information content (AvgIpc) is 2.32. The number of nitrogens with one attached hydrogen (secondary N) is 1. The van der Waals surface area contributed by atoms with Crippen LogP contribution in [0.3, 0.4) is 0 Å². The number of benzene rings is 1. The third-order valence-corrected chi connectivity index (χ3v) is 5.75. The number of ether oxygens (including phenoxy) is 1. The summed E-state index contributed by atoms with van der Waals surface area (Å²) in [6.07, 6.45) is 0. The second kappa shape index (κ2) is 6.95. The Morgan fingerprint density at radius 1 is 1.32 bits per heavy atom. The van der Waals surface area contributed by atoms with Crippen LogP contribution >= 0.6 is 31.9 Å². The fourth-order valence-electron chi connectivity index (χ4n) is 1.60. The molecule has 1 atom stereocenters. The zero-order valence-corrected chi connectivity index (χ0v) is 15.0. The summed E-state index contributed by atoms with van der Waals surface area (Å²) in [7, 11) is -1.41. The minimum Gasteiger partial charge on any atom is -0.495 e. The van der Waals surface area contributed by atoms with Gasteiger partial charge in [-0.25, -0.2) is 8.42 Å². The average molecular weight is 415 g/mol. The summed E-state index contributed by atoms with van der Waals surface area (Å²) in [5, 5.41) is 3.18. The molecule has 0 fully saturated rings. The molecule has 0 aliphatic heterocycles. The van der Waals surface area contributed by atoms with Crippen LogP contribution in [-0.4, -0.2) is 33.1 Å². The van der Waals surface area contributed by atoms with E-state index >= 15 is 0 Å². The van der Waals surface area contributed by atoms with Crippen molar-refractivity contribution in [2.24, 2.45) is 0 Å². The van der Waals surface area contributed by atoms with E-state index in [4.69, 9.17) is 4.74 Å². The predicted octanol–water partition coefficient (Wildman–Crippen LogP) is 3.46. The molecule has 0 spiro atoms. The highest BCUT2D eigenvalue weighted by atomic mass is 79.9. The molecule has 0 bridgehead atoms. The molecule has 0 amide bonds. The summed E-state index contributed by atoms with van der Waals surface area (Å²) in [4.78, 5) is 0. The first kappa shape index (κ1) is 16.8. The van der Waals surface area contributed by atoms with E-state index in [-0.39, 0.29) is 17.5 Å². The molecule has 0 aliphatic rings. The fraction of sp³-hybridized carbons (Fsp3) is 0.500. The van der Waals surface area contributed by atoms with Crippen LogP contribution in [0.2, 0.25) is 0 Å². The molecule has 0 heterocycles. The molecule has 1 aromatic carbocycles. The van der Waals surface area contributed by atoms with Crippen molar-refractivity contribution in [1.29, 1.82) is 0 Å². The summed E-state index contributed by atoms with van der Waals surface area (Å²) in [5.41, 5.74) is 0.804. The first-order valence-electron chi connectivity index (χ1n) is 5.79. The number of anilines is 1. The van der Waals surface area contributed by atoms with E-state index in [1.54, 1.807) is 14.0 Å². The molecular weight excluding hydrogens is 398 g/mol. The van der Waals surface area contributed by atoms with Crippen molar-refractivity contribution in [3.63, 3.8) is 0 Å². The number of methoxy groups -OCH3 is 1. The molecule has 1 aromatic rings. The minimum absolute atomic E-state index is 0.105. The Hall–Kier alpha value is -0.270. The highest BCUT2D eigenvalue weighted by molar-refractivity contribution is 9.11. The molecule has 4 nitrogen and oxygen atoms in total. The van der Waals surface area contributed by atoms with E-state index in [0.717, 1.165) is 14.6 Å². The van der Waals surface area contributed by atoms with Gasteiger partial charge in [0, 0.05) is 22.3 Å². The number of sulfone groups is 1. The van der Waals surface area contributed by atoms with Gasteiger partial charge in [-0.15, -0.1) is 0 Å². The zero-order chi connectivity index (χ0) is 14.6. The van der Waals surface area contributed by atoms with Crippen molar-refractivity contribution >= 4 is 47.4 Å². The summed E-state index contributed by atoms with van der Waals surface area (Å²) in [5.74, 6) is 0.953. The molecule has 1 unspecified atom stereocenters. The summed E-state index contributed by atoms with van der Waals surface area (Å²) >= 11 is 6.83. The lowest BCUT2D eigenvalue weighted by Crippen LogP contribution is -2.26. The lowest BCUT2D eigenvalue weighted by molar-refractivity contribution is 0.412. The molecular formula is C12H17Br2NO3S. The maximum atomic E-state index is 11.6. The second-order valence-corrected chi connectivity index (χ2v) is 8.32. The standard InChI is InChI=1S/C12H17Br2NO3S/c1-4-19(16,17)7-8(2)15-11-6-12(18-3)10(14)5-9(11)13/h5-6,8,15H,4,7H2,1-3H3. The van der Waals surface area contributed by atoms with Crippen molar-refractivity contribution < 1.29 is 13.2 Å². The van der Waals surface area contributed by atoms with E-state index in [2.05, 4.69) is 37.2 Å². The Morgan fingerprint density at radius 3 is 2.47 bits per heavy atom. The molecule has 7 heteroatoms. The third kappa shape index (κ3) is 4.96. The van der Waals surface area contributed by atoms with Crippen molar-refractivity contribution in [2.75, 3.05) is 23.9 Å². The number of rotatable bonds is 6. The van der Waals surface area contributed by atoms with Gasteiger partial charge < -0.3 is 10.1 Å². The quantitative estimate of drug-likeness (QED) is 0.774. The number of hydrogen-bond donors (Lipinski definition) is 1. The monoisotopic (exact) mass is 413 g/mol. The van der Waals surface area contributed by atoms with Gasteiger partial charge in [-0.05, 0) is 44.8 Å². The topological polar surface area (TPSA) is 55.4 Å². The fourth-order valence-corrected chi connectivity index (χ4v) is 3.95. The van der Waals surface area contributed by atoms with Gasteiger partial charge in [0.25, 0.3) is 0 Å². The van der Waals surface area contributed by atoms with Gasteiger partial charge in [0.1, 0.15) is 5.75 Å². The first-order valence-corrected chi connectivity index (χ1v) is 9.19. The third-order valence-electron chi connectivity index (χ3n) is 2.59. The molecule has 0 aliphatic carbocycles. The SMILES string of the molecule is CCS(=O)(=O)CC(C)Nc1cc(OC)c(Br)cc1Br. The molecule has 0 saturated heterocycles. The van der Waals surface area contributed by atoms with Crippen molar-refractivity contribution in [3.05, 3.63) is 21.1 Å². The second-order valence-electron chi connectivity index (χ2n) is 4.21. The van der Waals surface area contributed by atoms with Crippen LogP contribution in [0.1, 0.15) is 13.8 Å². The first-order chi connectivity index (χ1) is 8.79. The van der Waals surface area contributed by atoms with Crippen LogP contribution in [0.4, 0.5) is 5.69 Å². The molecule has 108 valence electrons. The van der Waals surface area contributed by atoms with Gasteiger partial charge in [0.2, 0.25) is 0 Å². The van der Waals surface area contributed by atoms with Crippen molar-refractivity contribution in [2.45, 2.75) is 19.9 Å². The van der Waals surface area contributed by atoms with E-state index in [0.29, 0.717) is 5.75 Å². The van der Waals surface area contributed by atoms with Gasteiger partial charge in [-0.2, -0.15) is 0 Å². The van der Waals surface area contributed by atoms with Gasteiger partial charge in [0.05, 0.1) is 23.0 Å². The Balaban J connectivity index is 2.88. The Kier molecular flexibility index (Phi) is 6.14. The van der Waals surface area contributed by atoms with E-state index in [1.165, 1.54) is 0 Å². The summed E-state index contributed by atoms with van der Waals surface area (Å²) in [6, 6.07) is 3.51. The minimum atomic E-state index is -2.99. The molecule has 1 rings (SSSR count). The molecule has 0 saturated carbocycles. The predicted molar refractivity (Wildman–Crippen MR) is 85.8 cm³/mol. The van der Waals surface area contributed by atoms with Gasteiger partial charge in [-0.3, -0.25) is 0 Å². The smallest absolute Gasteiger partial charge is 0.152 e. The van der Waals surface area contributed by atoms with Gasteiger partial charge >= 0.3 is 0 Å². The Labute approximate surface area is 131 Å². The number of hydrogen-bond acceptors (Lipinski definition) is 4. The zero-order valence-electron chi connectivity index (χ0n) is 11.0. The largest absolute Gasteiger partial charge is 0.495 e. The maximum absolute atomic E-state index is 11.6. The normalized spacial score (nSPS) is 13.1. The van der Waals surface area contributed by atoms with Crippen LogP contribution in [-0.2, 0) is 9.84 Å². The highest BCUT2D eigenvalue weighted by Crippen LogP contribution is 2.34. The van der Waals surface area contributed by atoms with Crippen LogP contribution in [0.15, 0.2) is 21.1 Å². The molecule has 0 radical (unpaired) electrons. The Bertz CT molecular complexity index is 546. The molecule has 19 heavy (non-hydrogen) atoms. The molecule has 1 N–H and O–H groups in total. The lowest BCUT2D eigenvalue weighted by atomic mass is 10.2. The van der Waals surface area contributed by atoms with Crippen molar-refractivity contribution in [3.8, 4) is 5.75 Å². The van der Waals surface area contributed by atoms with E-state index < -0.39 is 9.84 Å². The number of halogens is 2. The summed E-state index contributed by atoms with van der Waals surface area (Å²) in [6.45, 7) is 3.49. The summed E-state index contributed by atoms with van der Waals surface area (Å²) < 4.78 is 30.1. The Morgan fingerprint density at radius 2 is 1.95 bits per heavy atom. The lowest BCUT2D eigenvalue weighted by Gasteiger charge is -2.17. The van der Waals surface area contributed by atoms with E-state index in [1.807, 2.05) is 19.1 Å². The van der Waals surface area contributed by atoms with Crippen LogP contribution in [0, 0.1) is 0 Å².